The summed E-state index contributed by atoms with van der Waals surface area (Å²) in [5.41, 5.74) is 1.10. The van der Waals surface area contributed by atoms with Crippen molar-refractivity contribution in [3.8, 4) is 0 Å². The maximum atomic E-state index is 5.38. The third-order valence-electron chi connectivity index (χ3n) is 4.33. The Morgan fingerprint density at radius 2 is 1.91 bits per heavy atom. The third kappa shape index (κ3) is 4.83. The first kappa shape index (κ1) is 17.0. The molecule has 4 nitrogen and oxygen atoms in total. The van der Waals surface area contributed by atoms with Crippen LogP contribution in [-0.2, 0) is 0 Å². The highest BCUT2D eigenvalue weighted by Crippen LogP contribution is 2.20. The molecule has 0 spiro atoms. The van der Waals surface area contributed by atoms with Crippen LogP contribution in [0.1, 0.15) is 47.0 Å². The number of piperidine rings is 1. The summed E-state index contributed by atoms with van der Waals surface area (Å²) in [5, 5.41) is 7.19. The first-order valence-corrected chi connectivity index (χ1v) is 8.55. The number of nitrogens with one attached hydrogen (secondary N) is 2. The summed E-state index contributed by atoms with van der Waals surface area (Å²) < 4.78 is 0. The predicted octanol–water partition coefficient (Wildman–Crippen LogP) is 3.79. The van der Waals surface area contributed by atoms with Crippen LogP contribution >= 0.6 is 12.2 Å². The molecule has 0 aliphatic carbocycles. The minimum absolute atomic E-state index is 0.169. The van der Waals surface area contributed by atoms with E-state index in [4.69, 9.17) is 12.2 Å². The molecule has 1 saturated heterocycles. The molecule has 2 heterocycles. The molecule has 0 bridgehead atoms. The van der Waals surface area contributed by atoms with E-state index in [0.29, 0.717) is 11.2 Å². The highest BCUT2D eigenvalue weighted by atomic mass is 32.1. The fraction of sp³-hybridized carbons (Fsp3) is 0.647. The Hall–Kier alpha value is -1.36. The number of anilines is 2. The molecule has 0 radical (unpaired) electrons. The second-order valence-corrected chi connectivity index (χ2v) is 7.55. The van der Waals surface area contributed by atoms with Crippen molar-refractivity contribution in [2.45, 2.75) is 53.0 Å². The smallest absolute Gasteiger partial charge is 0.171 e. The van der Waals surface area contributed by atoms with Gasteiger partial charge in [-0.15, -0.1) is 0 Å². The van der Waals surface area contributed by atoms with Crippen LogP contribution in [0.4, 0.5) is 11.5 Å². The second kappa shape index (κ2) is 7.27. The zero-order chi connectivity index (χ0) is 16.2. The van der Waals surface area contributed by atoms with Crippen molar-refractivity contribution in [1.29, 1.82) is 0 Å². The van der Waals surface area contributed by atoms with Gasteiger partial charge in [-0.05, 0) is 56.0 Å². The van der Waals surface area contributed by atoms with Crippen LogP contribution in [-0.4, -0.2) is 29.2 Å². The first-order valence-electron chi connectivity index (χ1n) is 8.15. The monoisotopic (exact) mass is 320 g/mol. The number of hydrogen-bond donors (Lipinski definition) is 2. The minimum atomic E-state index is 0.169. The van der Waals surface area contributed by atoms with Crippen molar-refractivity contribution in [3.63, 3.8) is 0 Å². The van der Waals surface area contributed by atoms with Gasteiger partial charge in [-0.3, -0.25) is 0 Å². The highest BCUT2D eigenvalue weighted by molar-refractivity contribution is 7.80. The van der Waals surface area contributed by atoms with Crippen molar-refractivity contribution < 1.29 is 0 Å². The SMILES string of the molecule is CC(NC(=S)Nc1ccc(N2CCCCC2)nc1)C(C)(C)C. The molecule has 122 valence electrons. The van der Waals surface area contributed by atoms with Crippen molar-refractivity contribution in [1.82, 2.24) is 10.3 Å². The number of hydrogen-bond acceptors (Lipinski definition) is 3. The molecular formula is C17H28N4S. The third-order valence-corrected chi connectivity index (χ3v) is 4.55. The highest BCUT2D eigenvalue weighted by Gasteiger charge is 2.20. The summed E-state index contributed by atoms with van der Waals surface area (Å²) in [6.45, 7) is 11.0. The van der Waals surface area contributed by atoms with Crippen molar-refractivity contribution in [2.24, 2.45) is 5.41 Å². The van der Waals surface area contributed by atoms with E-state index in [-0.39, 0.29) is 5.41 Å². The summed E-state index contributed by atoms with van der Waals surface area (Å²) in [6, 6.07) is 4.42. The fourth-order valence-electron chi connectivity index (χ4n) is 2.35. The fourth-order valence-corrected chi connectivity index (χ4v) is 2.65. The average Bonchev–Trinajstić information content (AvgIpc) is 2.48. The van der Waals surface area contributed by atoms with Gasteiger partial charge in [0.2, 0.25) is 0 Å². The molecule has 2 rings (SSSR count). The van der Waals surface area contributed by atoms with Gasteiger partial charge in [0.1, 0.15) is 5.82 Å². The molecule has 1 aliphatic heterocycles. The number of nitrogens with zero attached hydrogens (tertiary/aromatic N) is 2. The van der Waals surface area contributed by atoms with Gasteiger partial charge in [-0.2, -0.15) is 0 Å². The normalized spacial score (nSPS) is 17.0. The largest absolute Gasteiger partial charge is 0.359 e. The average molecular weight is 321 g/mol. The molecule has 2 N–H and O–H groups in total. The molecule has 1 aliphatic rings. The molecule has 1 aromatic heterocycles. The summed E-state index contributed by atoms with van der Waals surface area (Å²) in [4.78, 5) is 6.91. The van der Waals surface area contributed by atoms with Crippen molar-refractivity contribution in [3.05, 3.63) is 18.3 Å². The lowest BCUT2D eigenvalue weighted by molar-refractivity contribution is 0.317. The summed E-state index contributed by atoms with van der Waals surface area (Å²) in [5.74, 6) is 1.06. The van der Waals surface area contributed by atoms with E-state index in [1.54, 1.807) is 0 Å². The maximum absolute atomic E-state index is 5.38. The van der Waals surface area contributed by atoms with E-state index in [0.717, 1.165) is 24.6 Å². The van der Waals surface area contributed by atoms with Gasteiger partial charge in [0.25, 0.3) is 0 Å². The van der Waals surface area contributed by atoms with E-state index in [9.17, 15) is 0 Å². The van der Waals surface area contributed by atoms with Crippen LogP contribution in [0.15, 0.2) is 18.3 Å². The molecule has 22 heavy (non-hydrogen) atoms. The minimum Gasteiger partial charge on any atom is -0.359 e. The Morgan fingerprint density at radius 1 is 1.23 bits per heavy atom. The Kier molecular flexibility index (Phi) is 5.62. The molecule has 5 heteroatoms. The molecule has 0 amide bonds. The zero-order valence-electron chi connectivity index (χ0n) is 14.1. The van der Waals surface area contributed by atoms with E-state index in [2.05, 4.69) is 54.3 Å². The van der Waals surface area contributed by atoms with E-state index < -0.39 is 0 Å². The van der Waals surface area contributed by atoms with E-state index in [1.165, 1.54) is 19.3 Å². The van der Waals surface area contributed by atoms with Crippen LogP contribution in [0.5, 0.6) is 0 Å². The second-order valence-electron chi connectivity index (χ2n) is 7.14. The van der Waals surface area contributed by atoms with Crippen molar-refractivity contribution >= 4 is 28.8 Å². The van der Waals surface area contributed by atoms with Gasteiger partial charge < -0.3 is 15.5 Å². The lowest BCUT2D eigenvalue weighted by atomic mass is 9.88. The topological polar surface area (TPSA) is 40.2 Å². The van der Waals surface area contributed by atoms with Crippen LogP contribution in [0.3, 0.4) is 0 Å². The summed E-state index contributed by atoms with van der Waals surface area (Å²) in [6.07, 6.45) is 5.72. The molecule has 1 aromatic rings. The number of aromatic nitrogens is 1. The van der Waals surface area contributed by atoms with E-state index in [1.807, 2.05) is 12.3 Å². The predicted molar refractivity (Wildman–Crippen MR) is 98.6 cm³/mol. The quantitative estimate of drug-likeness (QED) is 0.829. The Balaban J connectivity index is 1.89. The number of pyridine rings is 1. The molecule has 0 aromatic carbocycles. The van der Waals surface area contributed by atoms with Crippen molar-refractivity contribution in [2.75, 3.05) is 23.3 Å². The van der Waals surface area contributed by atoms with Gasteiger partial charge in [-0.1, -0.05) is 20.8 Å². The molecule has 1 unspecified atom stereocenters. The Labute approximate surface area is 139 Å². The van der Waals surface area contributed by atoms with Gasteiger partial charge >= 0.3 is 0 Å². The van der Waals surface area contributed by atoms with Crippen LogP contribution < -0.4 is 15.5 Å². The Bertz CT molecular complexity index is 486. The lowest BCUT2D eigenvalue weighted by Gasteiger charge is -2.29. The molecule has 1 fully saturated rings. The molecule has 0 saturated carbocycles. The Morgan fingerprint density at radius 3 is 2.45 bits per heavy atom. The van der Waals surface area contributed by atoms with Crippen LogP contribution in [0.25, 0.3) is 0 Å². The number of rotatable bonds is 3. The summed E-state index contributed by atoms with van der Waals surface area (Å²) >= 11 is 5.38. The maximum Gasteiger partial charge on any atom is 0.171 e. The molecular weight excluding hydrogens is 292 g/mol. The van der Waals surface area contributed by atoms with Crippen LogP contribution in [0, 0.1) is 5.41 Å². The zero-order valence-corrected chi connectivity index (χ0v) is 15.0. The van der Waals surface area contributed by atoms with Gasteiger partial charge in [0.05, 0.1) is 11.9 Å². The van der Waals surface area contributed by atoms with Gasteiger partial charge in [0.15, 0.2) is 5.11 Å². The lowest BCUT2D eigenvalue weighted by Crippen LogP contribution is -2.43. The first-order chi connectivity index (χ1) is 10.4. The van der Waals surface area contributed by atoms with Crippen LogP contribution in [0.2, 0.25) is 0 Å². The standard InChI is InChI=1S/C17H28N4S/c1-13(17(2,3)4)19-16(22)20-14-8-9-15(18-12-14)21-10-6-5-7-11-21/h8-9,12-13H,5-7,10-11H2,1-4H3,(H2,19,20,22). The summed E-state index contributed by atoms with van der Waals surface area (Å²) in [7, 11) is 0. The van der Waals surface area contributed by atoms with Gasteiger partial charge in [0, 0.05) is 19.1 Å². The van der Waals surface area contributed by atoms with E-state index >= 15 is 0 Å². The van der Waals surface area contributed by atoms with Gasteiger partial charge in [-0.25, -0.2) is 4.98 Å². The number of thiocarbonyl (C=S) groups is 1. The molecule has 1 atom stereocenters.